The Morgan fingerprint density at radius 3 is 2.52 bits per heavy atom. The molecular weight excluding hydrogens is 519 g/mol. The van der Waals surface area contributed by atoms with Gasteiger partial charge in [-0.1, -0.05) is 6.07 Å². The topological polar surface area (TPSA) is 93.4 Å². The van der Waals surface area contributed by atoms with E-state index in [4.69, 9.17) is 10.5 Å². The summed E-state index contributed by atoms with van der Waals surface area (Å²) in [6.07, 6.45) is -0.0994. The summed E-state index contributed by atoms with van der Waals surface area (Å²) in [7, 11) is 1.89. The highest BCUT2D eigenvalue weighted by Crippen LogP contribution is 2.39. The molecule has 0 spiro atoms. The number of alkyl halides is 3. The molecule has 1 saturated carbocycles. The largest absolute Gasteiger partial charge is 0.416 e. The van der Waals surface area contributed by atoms with Gasteiger partial charge in [0.15, 0.2) is 0 Å². The fourth-order valence-electron chi connectivity index (χ4n) is 5.97. The number of benzene rings is 2. The molecule has 214 valence electrons. The van der Waals surface area contributed by atoms with Crippen LogP contribution in [0.25, 0.3) is 10.9 Å². The molecule has 40 heavy (non-hydrogen) atoms. The third-order valence-electron chi connectivity index (χ3n) is 8.34. The predicted molar refractivity (Wildman–Crippen MR) is 149 cm³/mol. The summed E-state index contributed by atoms with van der Waals surface area (Å²) < 4.78 is 45.6. The zero-order valence-corrected chi connectivity index (χ0v) is 23.1. The number of likely N-dealkylation sites (N-methyl/N-ethyl adjacent to an activating group) is 1. The molecule has 10 heteroatoms. The zero-order valence-electron chi connectivity index (χ0n) is 23.1. The quantitative estimate of drug-likeness (QED) is 0.350. The molecule has 1 aliphatic carbocycles. The van der Waals surface area contributed by atoms with Gasteiger partial charge in [0, 0.05) is 30.6 Å². The van der Waals surface area contributed by atoms with Crippen LogP contribution in [-0.4, -0.2) is 47.1 Å². The lowest BCUT2D eigenvalue weighted by Crippen LogP contribution is -2.41. The minimum absolute atomic E-state index is 0.0336. The number of carbonyl (C=O) groups is 1. The molecule has 0 unspecified atom stereocenters. The molecule has 2 fully saturated rings. The standard InChI is InChI=1S/C30H36F3N5O2/c1-17(22-12-23(30(31,32)33)15-24(34)13-22)35-28-26-14-21(8-9-27(26)36-18(2)37-28)19-4-6-20(7-5-19)29(39)38(3)25-10-11-40-16-25/h8-9,12-15,17,19-20,25H,4-7,10-11,16,34H2,1-3H3,(H,35,36,37)/t17-,19-,20+,25-/m1/s1. The molecule has 5 rings (SSSR count). The van der Waals surface area contributed by atoms with Crippen molar-refractivity contribution in [2.24, 2.45) is 5.92 Å². The van der Waals surface area contributed by atoms with E-state index in [-0.39, 0.29) is 23.6 Å². The SMILES string of the molecule is Cc1nc(N[C@H](C)c2cc(N)cc(C(F)(F)F)c2)c2cc([C@H]3CC[C@@H](C(=O)N(C)[C@@H]4CCOC4)CC3)ccc2n1. The lowest BCUT2D eigenvalue weighted by molar-refractivity contribution is -0.138. The van der Waals surface area contributed by atoms with Crippen LogP contribution in [0.15, 0.2) is 36.4 Å². The average molecular weight is 556 g/mol. The minimum Gasteiger partial charge on any atom is -0.399 e. The molecule has 1 aromatic heterocycles. The number of fused-ring (bicyclic) bond motifs is 1. The van der Waals surface area contributed by atoms with Gasteiger partial charge in [-0.15, -0.1) is 0 Å². The van der Waals surface area contributed by atoms with E-state index >= 15 is 0 Å². The van der Waals surface area contributed by atoms with Gasteiger partial charge in [0.05, 0.1) is 29.8 Å². The fraction of sp³-hybridized carbons (Fsp3) is 0.500. The maximum Gasteiger partial charge on any atom is 0.416 e. The number of rotatable bonds is 6. The smallest absolute Gasteiger partial charge is 0.399 e. The van der Waals surface area contributed by atoms with Crippen LogP contribution in [0, 0.1) is 12.8 Å². The Labute approximate surface area is 232 Å². The highest BCUT2D eigenvalue weighted by atomic mass is 19.4. The third-order valence-corrected chi connectivity index (χ3v) is 8.34. The maximum absolute atomic E-state index is 13.4. The third kappa shape index (κ3) is 6.01. The first-order chi connectivity index (χ1) is 19.0. The first-order valence-electron chi connectivity index (χ1n) is 13.9. The molecule has 1 aliphatic heterocycles. The average Bonchev–Trinajstić information content (AvgIpc) is 3.46. The number of aromatic nitrogens is 2. The molecule has 1 amide bonds. The van der Waals surface area contributed by atoms with Crippen molar-refractivity contribution < 1.29 is 22.7 Å². The van der Waals surface area contributed by atoms with Gasteiger partial charge in [-0.25, -0.2) is 9.97 Å². The number of amides is 1. The number of nitrogens with zero attached hydrogens (tertiary/aromatic N) is 3. The van der Waals surface area contributed by atoms with Crippen molar-refractivity contribution in [1.82, 2.24) is 14.9 Å². The molecule has 0 radical (unpaired) electrons. The molecule has 7 nitrogen and oxygen atoms in total. The molecule has 2 heterocycles. The van der Waals surface area contributed by atoms with Crippen molar-refractivity contribution in [1.29, 1.82) is 0 Å². The van der Waals surface area contributed by atoms with E-state index in [2.05, 4.69) is 27.4 Å². The van der Waals surface area contributed by atoms with Crippen LogP contribution in [0.1, 0.15) is 73.5 Å². The van der Waals surface area contributed by atoms with Crippen LogP contribution in [0.5, 0.6) is 0 Å². The number of ether oxygens (including phenoxy) is 1. The van der Waals surface area contributed by atoms with E-state index < -0.39 is 17.8 Å². The Morgan fingerprint density at radius 1 is 1.10 bits per heavy atom. The molecule has 0 bridgehead atoms. The lowest BCUT2D eigenvalue weighted by Gasteiger charge is -2.33. The number of aryl methyl sites for hydroxylation is 1. The minimum atomic E-state index is -4.49. The van der Waals surface area contributed by atoms with Crippen LogP contribution in [-0.2, 0) is 15.7 Å². The van der Waals surface area contributed by atoms with Gasteiger partial charge >= 0.3 is 6.18 Å². The van der Waals surface area contributed by atoms with Crippen LogP contribution in [0.4, 0.5) is 24.7 Å². The van der Waals surface area contributed by atoms with Crippen molar-refractivity contribution in [3.8, 4) is 0 Å². The van der Waals surface area contributed by atoms with E-state index in [0.29, 0.717) is 36.3 Å². The van der Waals surface area contributed by atoms with Crippen LogP contribution in [0.2, 0.25) is 0 Å². The van der Waals surface area contributed by atoms with Gasteiger partial charge < -0.3 is 20.7 Å². The van der Waals surface area contributed by atoms with Crippen LogP contribution >= 0.6 is 0 Å². The Morgan fingerprint density at radius 2 is 1.85 bits per heavy atom. The van der Waals surface area contributed by atoms with E-state index in [1.807, 2.05) is 18.0 Å². The number of nitrogens with two attached hydrogens (primary N) is 1. The number of carbonyl (C=O) groups excluding carboxylic acids is 1. The summed E-state index contributed by atoms with van der Waals surface area (Å²) in [5, 5.41) is 4.12. The molecule has 2 aromatic carbocycles. The second-order valence-electron chi connectivity index (χ2n) is 11.2. The highest BCUT2D eigenvalue weighted by molar-refractivity contribution is 5.90. The number of anilines is 2. The van der Waals surface area contributed by atoms with Crippen LogP contribution < -0.4 is 11.1 Å². The molecular formula is C30H36F3N5O2. The van der Waals surface area contributed by atoms with Gasteiger partial charge in [-0.2, -0.15) is 13.2 Å². The predicted octanol–water partition coefficient (Wildman–Crippen LogP) is 6.23. The van der Waals surface area contributed by atoms with Crippen molar-refractivity contribution in [3.05, 3.63) is 58.9 Å². The summed E-state index contributed by atoms with van der Waals surface area (Å²) in [4.78, 5) is 24.1. The normalized spacial score (nSPS) is 22.3. The summed E-state index contributed by atoms with van der Waals surface area (Å²) in [6.45, 7) is 4.91. The zero-order chi connectivity index (χ0) is 28.6. The Bertz CT molecular complexity index is 1380. The maximum atomic E-state index is 13.4. The second kappa shape index (κ2) is 11.2. The van der Waals surface area contributed by atoms with Gasteiger partial charge in [-0.05, 0) is 93.3 Å². The van der Waals surface area contributed by atoms with Crippen molar-refractivity contribution >= 4 is 28.3 Å². The van der Waals surface area contributed by atoms with Crippen molar-refractivity contribution in [2.45, 2.75) is 70.1 Å². The Kier molecular flexibility index (Phi) is 7.90. The van der Waals surface area contributed by atoms with E-state index in [0.717, 1.165) is 60.7 Å². The van der Waals surface area contributed by atoms with Gasteiger partial charge in [0.25, 0.3) is 0 Å². The van der Waals surface area contributed by atoms with Crippen molar-refractivity contribution in [3.63, 3.8) is 0 Å². The molecule has 3 aromatic rings. The van der Waals surface area contributed by atoms with E-state index in [9.17, 15) is 18.0 Å². The fourth-order valence-corrected chi connectivity index (χ4v) is 5.97. The number of nitrogens with one attached hydrogen (secondary N) is 1. The van der Waals surface area contributed by atoms with Gasteiger partial charge in [0.1, 0.15) is 11.6 Å². The monoisotopic (exact) mass is 555 g/mol. The number of hydrogen-bond acceptors (Lipinski definition) is 6. The molecule has 1 saturated heterocycles. The van der Waals surface area contributed by atoms with Crippen molar-refractivity contribution in [2.75, 3.05) is 31.3 Å². The number of hydrogen-bond donors (Lipinski definition) is 2. The Hall–Kier alpha value is -3.40. The van der Waals surface area contributed by atoms with E-state index in [1.165, 1.54) is 0 Å². The lowest BCUT2D eigenvalue weighted by atomic mass is 9.78. The molecule has 2 aliphatic rings. The summed E-state index contributed by atoms with van der Waals surface area (Å²) in [6, 6.07) is 9.45. The first-order valence-corrected chi connectivity index (χ1v) is 13.9. The Balaban J connectivity index is 1.33. The van der Waals surface area contributed by atoms with Crippen LogP contribution in [0.3, 0.4) is 0 Å². The summed E-state index contributed by atoms with van der Waals surface area (Å²) >= 11 is 0. The van der Waals surface area contributed by atoms with E-state index in [1.54, 1.807) is 19.9 Å². The van der Waals surface area contributed by atoms with Gasteiger partial charge in [0.2, 0.25) is 5.91 Å². The highest BCUT2D eigenvalue weighted by Gasteiger charge is 2.33. The summed E-state index contributed by atoms with van der Waals surface area (Å²) in [5.74, 6) is 1.69. The number of halogens is 3. The molecule has 3 N–H and O–H groups in total. The second-order valence-corrected chi connectivity index (χ2v) is 11.2. The van der Waals surface area contributed by atoms with Gasteiger partial charge in [-0.3, -0.25) is 4.79 Å². The summed E-state index contributed by atoms with van der Waals surface area (Å²) in [5.41, 5.74) is 7.42. The molecule has 2 atom stereocenters. The number of nitrogen functional groups attached to an aromatic ring is 1. The first kappa shape index (κ1) is 28.1.